The van der Waals surface area contributed by atoms with Gasteiger partial charge in [-0.05, 0) is 19.8 Å². The molecule has 0 radical (unpaired) electrons. The fourth-order valence-corrected chi connectivity index (χ4v) is 1.90. The third kappa shape index (κ3) is 3.35. The van der Waals surface area contributed by atoms with Crippen molar-refractivity contribution in [2.24, 2.45) is 5.73 Å². The van der Waals surface area contributed by atoms with E-state index in [9.17, 15) is 23.1 Å². The molecule has 3 atom stereocenters. The van der Waals surface area contributed by atoms with E-state index >= 15 is 0 Å². The number of rotatable bonds is 2. The molecular formula is C11H19F3N2O2. The summed E-state index contributed by atoms with van der Waals surface area (Å²) in [7, 11) is 0. The molecule has 0 heterocycles. The molecule has 1 fully saturated rings. The van der Waals surface area contributed by atoms with Crippen LogP contribution in [-0.2, 0) is 4.79 Å². The van der Waals surface area contributed by atoms with Gasteiger partial charge in [0.1, 0.15) is 0 Å². The zero-order valence-corrected chi connectivity index (χ0v) is 10.3. The summed E-state index contributed by atoms with van der Waals surface area (Å²) in [5, 5.41) is 12.0. The maximum absolute atomic E-state index is 12.6. The highest BCUT2D eigenvalue weighted by atomic mass is 19.4. The van der Waals surface area contributed by atoms with E-state index in [4.69, 9.17) is 5.73 Å². The Morgan fingerprint density at radius 3 is 2.39 bits per heavy atom. The Kier molecular flexibility index (Phi) is 4.61. The van der Waals surface area contributed by atoms with E-state index in [1.807, 2.05) is 0 Å². The topological polar surface area (TPSA) is 75.4 Å². The Hall–Kier alpha value is -0.820. The predicted octanol–water partition coefficient (Wildman–Crippen LogP) is 1.08. The highest BCUT2D eigenvalue weighted by molar-refractivity contribution is 5.86. The average molecular weight is 268 g/mol. The standard InChI is InChI=1S/C11H19F3N2O2/c1-10(15,11(12,13)14)9(18)16-7-5-3-2-4-6-8(7)17/h7-8,17H,2-6,15H2,1H3,(H,16,18). The molecule has 1 amide bonds. The van der Waals surface area contributed by atoms with Crippen LogP contribution in [0.2, 0.25) is 0 Å². The molecule has 0 saturated heterocycles. The van der Waals surface area contributed by atoms with Gasteiger partial charge >= 0.3 is 6.18 Å². The highest BCUT2D eigenvalue weighted by Crippen LogP contribution is 2.28. The highest BCUT2D eigenvalue weighted by Gasteiger charge is 2.54. The molecule has 18 heavy (non-hydrogen) atoms. The molecule has 7 heteroatoms. The van der Waals surface area contributed by atoms with Gasteiger partial charge in [0.2, 0.25) is 5.91 Å². The van der Waals surface area contributed by atoms with Gasteiger partial charge in [-0.1, -0.05) is 19.3 Å². The summed E-state index contributed by atoms with van der Waals surface area (Å²) in [4.78, 5) is 11.6. The smallest absolute Gasteiger partial charge is 0.391 e. The van der Waals surface area contributed by atoms with Crippen molar-refractivity contribution in [3.8, 4) is 0 Å². The van der Waals surface area contributed by atoms with Crippen LogP contribution in [0.4, 0.5) is 13.2 Å². The van der Waals surface area contributed by atoms with E-state index in [2.05, 4.69) is 5.32 Å². The molecule has 1 rings (SSSR count). The van der Waals surface area contributed by atoms with Crippen LogP contribution in [0.5, 0.6) is 0 Å². The summed E-state index contributed by atoms with van der Waals surface area (Å²) in [5.74, 6) is -1.29. The molecule has 3 unspecified atom stereocenters. The van der Waals surface area contributed by atoms with Crippen LogP contribution < -0.4 is 11.1 Å². The molecule has 1 aliphatic carbocycles. The third-order valence-corrected chi connectivity index (χ3v) is 3.36. The van der Waals surface area contributed by atoms with Gasteiger partial charge in [-0.25, -0.2) is 0 Å². The molecule has 0 bridgehead atoms. The number of carbonyl (C=O) groups excluding carboxylic acids is 1. The molecule has 0 aromatic rings. The Balaban J connectivity index is 2.68. The fraction of sp³-hybridized carbons (Fsp3) is 0.909. The van der Waals surface area contributed by atoms with Crippen LogP contribution >= 0.6 is 0 Å². The van der Waals surface area contributed by atoms with Gasteiger partial charge in [0.25, 0.3) is 0 Å². The van der Waals surface area contributed by atoms with Crippen LogP contribution in [0.25, 0.3) is 0 Å². The van der Waals surface area contributed by atoms with Crippen LogP contribution in [0, 0.1) is 0 Å². The Bertz CT molecular complexity index is 305. The number of hydrogen-bond acceptors (Lipinski definition) is 3. The maximum Gasteiger partial charge on any atom is 0.415 e. The van der Waals surface area contributed by atoms with Gasteiger partial charge in [-0.15, -0.1) is 0 Å². The van der Waals surface area contributed by atoms with Crippen LogP contribution in [0.15, 0.2) is 0 Å². The van der Waals surface area contributed by atoms with Crippen molar-refractivity contribution in [3.05, 3.63) is 0 Å². The van der Waals surface area contributed by atoms with E-state index in [-0.39, 0.29) is 0 Å². The van der Waals surface area contributed by atoms with Gasteiger partial charge in [-0.2, -0.15) is 13.2 Å². The van der Waals surface area contributed by atoms with Crippen LogP contribution in [0.3, 0.4) is 0 Å². The molecule has 0 aromatic carbocycles. The van der Waals surface area contributed by atoms with E-state index in [1.54, 1.807) is 0 Å². The second kappa shape index (κ2) is 5.44. The molecular weight excluding hydrogens is 249 g/mol. The number of amides is 1. The lowest BCUT2D eigenvalue weighted by Gasteiger charge is -2.30. The zero-order chi connectivity index (χ0) is 14.0. The SMILES string of the molecule is CC(N)(C(=O)NC1CCCCCC1O)C(F)(F)F. The lowest BCUT2D eigenvalue weighted by Crippen LogP contribution is -2.63. The van der Waals surface area contributed by atoms with E-state index < -0.39 is 29.8 Å². The first-order chi connectivity index (χ1) is 8.16. The minimum Gasteiger partial charge on any atom is -0.391 e. The number of nitrogens with one attached hydrogen (secondary N) is 1. The monoisotopic (exact) mass is 268 g/mol. The minimum absolute atomic E-state index is 0.473. The maximum atomic E-state index is 12.6. The van der Waals surface area contributed by atoms with Gasteiger partial charge in [-0.3, -0.25) is 4.79 Å². The number of aliphatic hydroxyl groups excluding tert-OH is 1. The first-order valence-electron chi connectivity index (χ1n) is 6.01. The Morgan fingerprint density at radius 2 is 1.83 bits per heavy atom. The van der Waals surface area contributed by atoms with Gasteiger partial charge in [0.15, 0.2) is 5.54 Å². The van der Waals surface area contributed by atoms with Gasteiger partial charge < -0.3 is 16.2 Å². The predicted molar refractivity (Wildman–Crippen MR) is 59.7 cm³/mol. The summed E-state index contributed by atoms with van der Waals surface area (Å²) in [5.41, 5.74) is 2.09. The lowest BCUT2D eigenvalue weighted by atomic mass is 9.99. The number of halogens is 3. The second-order valence-corrected chi connectivity index (χ2v) is 4.99. The molecule has 1 aliphatic rings. The van der Waals surface area contributed by atoms with Crippen LogP contribution in [-0.4, -0.2) is 34.9 Å². The molecule has 4 N–H and O–H groups in total. The van der Waals surface area contributed by atoms with Crippen molar-refractivity contribution >= 4 is 5.91 Å². The summed E-state index contributed by atoms with van der Waals surface area (Å²) < 4.78 is 37.7. The van der Waals surface area contributed by atoms with E-state index in [0.29, 0.717) is 19.8 Å². The Labute approximate surface area is 104 Å². The zero-order valence-electron chi connectivity index (χ0n) is 10.3. The summed E-state index contributed by atoms with van der Waals surface area (Å²) in [6.45, 7) is 0.630. The summed E-state index contributed by atoms with van der Waals surface area (Å²) >= 11 is 0. The first-order valence-corrected chi connectivity index (χ1v) is 6.01. The molecule has 0 aromatic heterocycles. The molecule has 0 aliphatic heterocycles. The fourth-order valence-electron chi connectivity index (χ4n) is 1.90. The normalized spacial score (nSPS) is 29.2. The second-order valence-electron chi connectivity index (χ2n) is 4.99. The number of aliphatic hydroxyl groups is 1. The van der Waals surface area contributed by atoms with Crippen molar-refractivity contribution in [1.29, 1.82) is 0 Å². The third-order valence-electron chi connectivity index (χ3n) is 3.36. The first kappa shape index (κ1) is 15.2. The number of nitrogens with two attached hydrogens (primary N) is 1. The molecule has 4 nitrogen and oxygen atoms in total. The van der Waals surface area contributed by atoms with Gasteiger partial charge in [0, 0.05) is 0 Å². The molecule has 0 spiro atoms. The number of hydrogen-bond donors (Lipinski definition) is 3. The van der Waals surface area contributed by atoms with Crippen molar-refractivity contribution in [3.63, 3.8) is 0 Å². The molecule has 1 saturated carbocycles. The number of alkyl halides is 3. The quantitative estimate of drug-likeness (QED) is 0.656. The Morgan fingerprint density at radius 1 is 1.28 bits per heavy atom. The summed E-state index contributed by atoms with van der Waals surface area (Å²) in [6, 6.07) is -0.648. The molecule has 106 valence electrons. The van der Waals surface area contributed by atoms with Gasteiger partial charge in [0.05, 0.1) is 12.1 Å². The van der Waals surface area contributed by atoms with Crippen molar-refractivity contribution in [2.75, 3.05) is 0 Å². The van der Waals surface area contributed by atoms with Crippen molar-refractivity contribution in [2.45, 2.75) is 62.9 Å². The van der Waals surface area contributed by atoms with E-state index in [0.717, 1.165) is 19.3 Å². The largest absolute Gasteiger partial charge is 0.415 e. The average Bonchev–Trinajstić information content (AvgIpc) is 2.42. The minimum atomic E-state index is -4.81. The lowest BCUT2D eigenvalue weighted by molar-refractivity contribution is -0.188. The summed E-state index contributed by atoms with van der Waals surface area (Å²) in [6.07, 6.45) is -2.17. The van der Waals surface area contributed by atoms with Crippen molar-refractivity contribution < 1.29 is 23.1 Å². The van der Waals surface area contributed by atoms with Crippen molar-refractivity contribution in [1.82, 2.24) is 5.32 Å². The van der Waals surface area contributed by atoms with E-state index in [1.165, 1.54) is 0 Å². The number of carbonyl (C=O) groups is 1. The van der Waals surface area contributed by atoms with Crippen LogP contribution in [0.1, 0.15) is 39.0 Å².